The molecule has 1 atom stereocenters. The molecule has 2 heterocycles. The third-order valence-corrected chi connectivity index (χ3v) is 5.17. The Balaban J connectivity index is 2.04. The van der Waals surface area contributed by atoms with Crippen LogP contribution in [-0.4, -0.2) is 37.8 Å². The van der Waals surface area contributed by atoms with Gasteiger partial charge in [0.2, 0.25) is 0 Å². The van der Waals surface area contributed by atoms with Gasteiger partial charge in [-0.15, -0.1) is 11.3 Å². The Bertz CT molecular complexity index is 399. The molecule has 0 bridgehead atoms. The molecule has 108 valence electrons. The van der Waals surface area contributed by atoms with Crippen LogP contribution in [0.2, 0.25) is 0 Å². The monoisotopic (exact) mass is 283 g/mol. The Labute approximate surface area is 120 Å². The van der Waals surface area contributed by atoms with Crippen LogP contribution in [0.5, 0.6) is 0 Å². The Morgan fingerprint density at radius 2 is 2.16 bits per heavy atom. The van der Waals surface area contributed by atoms with E-state index in [0.717, 1.165) is 32.5 Å². The van der Waals surface area contributed by atoms with Crippen molar-refractivity contribution in [1.29, 1.82) is 0 Å². The second-order valence-corrected chi connectivity index (χ2v) is 6.16. The molecule has 1 aliphatic rings. The molecular formula is C14H25N3OS. The van der Waals surface area contributed by atoms with Gasteiger partial charge in [-0.3, -0.25) is 0 Å². The first-order chi connectivity index (χ1) is 9.15. The summed E-state index contributed by atoms with van der Waals surface area (Å²) in [5, 5.41) is 4.64. The van der Waals surface area contributed by atoms with Gasteiger partial charge in [0.25, 0.3) is 0 Å². The van der Waals surface area contributed by atoms with Crippen molar-refractivity contribution in [2.24, 2.45) is 0 Å². The van der Waals surface area contributed by atoms with Crippen molar-refractivity contribution in [2.45, 2.75) is 45.8 Å². The number of aryl methyl sites for hydroxylation is 1. The minimum Gasteiger partial charge on any atom is -0.381 e. The second kappa shape index (κ2) is 6.68. The van der Waals surface area contributed by atoms with E-state index in [9.17, 15) is 0 Å². The van der Waals surface area contributed by atoms with Gasteiger partial charge >= 0.3 is 0 Å². The second-order valence-electron chi connectivity index (χ2n) is 5.15. The van der Waals surface area contributed by atoms with E-state index in [2.05, 4.69) is 31.0 Å². The van der Waals surface area contributed by atoms with Crippen molar-refractivity contribution in [3.8, 4) is 0 Å². The van der Waals surface area contributed by atoms with E-state index in [1.165, 1.54) is 15.7 Å². The molecule has 1 saturated heterocycles. The van der Waals surface area contributed by atoms with E-state index < -0.39 is 0 Å². The van der Waals surface area contributed by atoms with Crippen LogP contribution in [0.3, 0.4) is 0 Å². The van der Waals surface area contributed by atoms with Crippen molar-refractivity contribution in [3.63, 3.8) is 0 Å². The van der Waals surface area contributed by atoms with Crippen LogP contribution in [-0.2, 0) is 4.74 Å². The topological polar surface area (TPSA) is 37.4 Å². The lowest BCUT2D eigenvalue weighted by atomic mass is 10.1. The third-order valence-electron chi connectivity index (χ3n) is 3.77. The van der Waals surface area contributed by atoms with Crippen LogP contribution in [0.4, 0.5) is 5.13 Å². The molecule has 0 aromatic carbocycles. The molecule has 1 aliphatic heterocycles. The SMILES string of the molecule is CCNC(C)c1sc(N2CCC(OC)CC2)nc1C. The molecule has 1 N–H and O–H groups in total. The van der Waals surface area contributed by atoms with Gasteiger partial charge in [-0.1, -0.05) is 6.92 Å². The van der Waals surface area contributed by atoms with Crippen LogP contribution in [0.1, 0.15) is 43.3 Å². The lowest BCUT2D eigenvalue weighted by Crippen LogP contribution is -2.36. The molecule has 1 unspecified atom stereocenters. The number of nitrogens with zero attached hydrogens (tertiary/aromatic N) is 2. The highest BCUT2D eigenvalue weighted by Crippen LogP contribution is 2.32. The molecule has 5 heteroatoms. The molecule has 1 aromatic heterocycles. The first-order valence-corrected chi connectivity index (χ1v) is 7.95. The molecule has 1 fully saturated rings. The Kier molecular flexibility index (Phi) is 5.19. The minimum absolute atomic E-state index is 0.396. The molecular weight excluding hydrogens is 258 g/mol. The van der Waals surface area contributed by atoms with E-state index in [0.29, 0.717) is 12.1 Å². The Morgan fingerprint density at radius 3 is 2.74 bits per heavy atom. The standard InChI is InChI=1S/C14H25N3OS/c1-5-15-10(2)13-11(3)16-14(19-13)17-8-6-12(18-4)7-9-17/h10,12,15H,5-9H2,1-4H3. The van der Waals surface area contributed by atoms with Gasteiger partial charge in [-0.05, 0) is 33.2 Å². The number of piperidine rings is 1. The summed E-state index contributed by atoms with van der Waals surface area (Å²) in [6.45, 7) is 9.58. The van der Waals surface area contributed by atoms with Crippen LogP contribution >= 0.6 is 11.3 Å². The fourth-order valence-electron chi connectivity index (χ4n) is 2.61. The summed E-state index contributed by atoms with van der Waals surface area (Å²) in [7, 11) is 1.81. The van der Waals surface area contributed by atoms with Crippen molar-refractivity contribution in [2.75, 3.05) is 31.6 Å². The number of methoxy groups -OCH3 is 1. The zero-order valence-corrected chi connectivity index (χ0v) is 13.2. The molecule has 2 rings (SSSR count). The van der Waals surface area contributed by atoms with E-state index in [1.54, 1.807) is 0 Å². The van der Waals surface area contributed by atoms with Gasteiger partial charge in [0.05, 0.1) is 11.8 Å². The zero-order valence-electron chi connectivity index (χ0n) is 12.4. The smallest absolute Gasteiger partial charge is 0.185 e. The lowest BCUT2D eigenvalue weighted by Gasteiger charge is -2.30. The van der Waals surface area contributed by atoms with Crippen molar-refractivity contribution in [3.05, 3.63) is 10.6 Å². The predicted molar refractivity (Wildman–Crippen MR) is 81.2 cm³/mol. The molecule has 1 aromatic rings. The molecule has 0 spiro atoms. The number of hydrogen-bond acceptors (Lipinski definition) is 5. The predicted octanol–water partition coefficient (Wildman–Crippen LogP) is 2.74. The maximum Gasteiger partial charge on any atom is 0.185 e. The van der Waals surface area contributed by atoms with Crippen LogP contribution in [0.25, 0.3) is 0 Å². The fourth-order valence-corrected chi connectivity index (χ4v) is 3.76. The summed E-state index contributed by atoms with van der Waals surface area (Å²) in [5.41, 5.74) is 1.17. The summed E-state index contributed by atoms with van der Waals surface area (Å²) in [4.78, 5) is 8.52. The molecule has 4 nitrogen and oxygen atoms in total. The number of thiazole rings is 1. The highest BCUT2D eigenvalue weighted by molar-refractivity contribution is 7.15. The Morgan fingerprint density at radius 1 is 1.47 bits per heavy atom. The van der Waals surface area contributed by atoms with Gasteiger partial charge in [0.15, 0.2) is 5.13 Å². The molecule has 0 radical (unpaired) electrons. The maximum absolute atomic E-state index is 5.42. The normalized spacial score (nSPS) is 18.8. The average Bonchev–Trinajstić information content (AvgIpc) is 2.81. The van der Waals surface area contributed by atoms with Gasteiger partial charge in [-0.2, -0.15) is 0 Å². The van der Waals surface area contributed by atoms with Crippen LogP contribution in [0, 0.1) is 6.92 Å². The van der Waals surface area contributed by atoms with Crippen molar-refractivity contribution < 1.29 is 4.74 Å². The largest absolute Gasteiger partial charge is 0.381 e. The first-order valence-electron chi connectivity index (χ1n) is 7.14. The van der Waals surface area contributed by atoms with Crippen LogP contribution in [0.15, 0.2) is 0 Å². The summed E-state index contributed by atoms with van der Waals surface area (Å²) in [6.07, 6.45) is 2.64. The highest BCUT2D eigenvalue weighted by Gasteiger charge is 2.22. The number of anilines is 1. The third kappa shape index (κ3) is 3.46. The summed E-state index contributed by atoms with van der Waals surface area (Å²) in [6, 6.07) is 0.396. The fraction of sp³-hybridized carbons (Fsp3) is 0.786. The van der Waals surface area contributed by atoms with Crippen LogP contribution < -0.4 is 10.2 Å². The van der Waals surface area contributed by atoms with Gasteiger partial charge in [-0.25, -0.2) is 4.98 Å². The summed E-state index contributed by atoms with van der Waals surface area (Å²) >= 11 is 1.83. The van der Waals surface area contributed by atoms with E-state index >= 15 is 0 Å². The molecule has 19 heavy (non-hydrogen) atoms. The van der Waals surface area contributed by atoms with E-state index in [1.807, 2.05) is 18.4 Å². The van der Waals surface area contributed by atoms with E-state index in [4.69, 9.17) is 9.72 Å². The summed E-state index contributed by atoms with van der Waals surface area (Å²) < 4.78 is 5.42. The Hall–Kier alpha value is -0.650. The number of rotatable bonds is 5. The first kappa shape index (κ1) is 14.8. The summed E-state index contributed by atoms with van der Waals surface area (Å²) in [5.74, 6) is 0. The number of nitrogens with one attached hydrogen (secondary N) is 1. The highest BCUT2D eigenvalue weighted by atomic mass is 32.1. The molecule has 0 saturated carbocycles. The number of aromatic nitrogens is 1. The van der Waals surface area contributed by atoms with Gasteiger partial charge in [0, 0.05) is 31.1 Å². The minimum atomic E-state index is 0.396. The number of hydrogen-bond donors (Lipinski definition) is 1. The van der Waals surface area contributed by atoms with Gasteiger partial charge < -0.3 is 15.0 Å². The maximum atomic E-state index is 5.42. The zero-order chi connectivity index (χ0) is 13.8. The van der Waals surface area contributed by atoms with Gasteiger partial charge in [0.1, 0.15) is 0 Å². The average molecular weight is 283 g/mol. The molecule has 0 aliphatic carbocycles. The van der Waals surface area contributed by atoms with E-state index in [-0.39, 0.29) is 0 Å². The lowest BCUT2D eigenvalue weighted by molar-refractivity contribution is 0.0819. The number of ether oxygens (including phenoxy) is 1. The quantitative estimate of drug-likeness (QED) is 0.901. The molecule has 0 amide bonds. The van der Waals surface area contributed by atoms with Crippen molar-refractivity contribution in [1.82, 2.24) is 10.3 Å². The van der Waals surface area contributed by atoms with Crippen molar-refractivity contribution >= 4 is 16.5 Å².